The van der Waals surface area contributed by atoms with Crippen LogP contribution in [0.4, 0.5) is 8.78 Å². The van der Waals surface area contributed by atoms with E-state index in [1.807, 2.05) is 27.7 Å². The third kappa shape index (κ3) is 3.48. The molecule has 1 aliphatic rings. The van der Waals surface area contributed by atoms with Crippen molar-refractivity contribution in [3.05, 3.63) is 40.4 Å². The standard InChI is InChI=1S/C16H21BF2O4/c1-15(2)16(3,4)23-17(22-15)11(8-20)5-10-6-13(18)12(9-21)14(19)7-10/h5-7,20-21H,8-9H2,1-4H3. The summed E-state index contributed by atoms with van der Waals surface area (Å²) in [5, 5.41) is 18.5. The van der Waals surface area contributed by atoms with Gasteiger partial charge in [-0.25, -0.2) is 8.78 Å². The molecule has 4 nitrogen and oxygen atoms in total. The van der Waals surface area contributed by atoms with E-state index < -0.39 is 36.6 Å². The summed E-state index contributed by atoms with van der Waals surface area (Å²) in [7, 11) is -0.798. The number of benzene rings is 1. The maximum Gasteiger partial charge on any atom is 0.492 e. The molecule has 0 unspecified atom stereocenters. The first-order chi connectivity index (χ1) is 10.6. The minimum Gasteiger partial charge on any atom is -0.400 e. The second-order valence-corrected chi connectivity index (χ2v) is 6.59. The van der Waals surface area contributed by atoms with Gasteiger partial charge in [0.25, 0.3) is 0 Å². The van der Waals surface area contributed by atoms with Gasteiger partial charge < -0.3 is 19.5 Å². The minimum absolute atomic E-state index is 0.218. The van der Waals surface area contributed by atoms with Crippen LogP contribution in [-0.4, -0.2) is 35.1 Å². The quantitative estimate of drug-likeness (QED) is 0.835. The Kier molecular flexibility index (Phi) is 4.96. The summed E-state index contributed by atoms with van der Waals surface area (Å²) >= 11 is 0. The predicted octanol–water partition coefficient (Wildman–Crippen LogP) is 2.46. The molecule has 0 bridgehead atoms. The highest BCUT2D eigenvalue weighted by atomic mass is 19.1. The van der Waals surface area contributed by atoms with Crippen LogP contribution in [0.3, 0.4) is 0 Å². The highest BCUT2D eigenvalue weighted by Gasteiger charge is 2.52. The van der Waals surface area contributed by atoms with Crippen LogP contribution in [0.15, 0.2) is 17.6 Å². The van der Waals surface area contributed by atoms with Crippen LogP contribution >= 0.6 is 0 Å². The van der Waals surface area contributed by atoms with Crippen LogP contribution in [0.1, 0.15) is 38.8 Å². The van der Waals surface area contributed by atoms with Crippen molar-refractivity contribution in [2.24, 2.45) is 0 Å². The molecule has 0 aliphatic carbocycles. The first-order valence-electron chi connectivity index (χ1n) is 7.37. The van der Waals surface area contributed by atoms with Gasteiger partial charge in [0.2, 0.25) is 0 Å². The lowest BCUT2D eigenvalue weighted by atomic mass is 9.77. The highest BCUT2D eigenvalue weighted by Crippen LogP contribution is 2.38. The van der Waals surface area contributed by atoms with Gasteiger partial charge in [-0.2, -0.15) is 0 Å². The van der Waals surface area contributed by atoms with Crippen molar-refractivity contribution >= 4 is 13.2 Å². The molecule has 1 aromatic rings. The van der Waals surface area contributed by atoms with E-state index in [1.54, 1.807) is 0 Å². The Morgan fingerprint density at radius 1 is 1.09 bits per heavy atom. The molecular formula is C16H21BF2O4. The van der Waals surface area contributed by atoms with Crippen molar-refractivity contribution < 1.29 is 28.3 Å². The smallest absolute Gasteiger partial charge is 0.400 e. The molecule has 1 aliphatic heterocycles. The summed E-state index contributed by atoms with van der Waals surface area (Å²) in [5.41, 5.74) is -0.967. The van der Waals surface area contributed by atoms with Crippen molar-refractivity contribution in [3.8, 4) is 0 Å². The van der Waals surface area contributed by atoms with Crippen LogP contribution in [0.5, 0.6) is 0 Å². The fraction of sp³-hybridized carbons (Fsp3) is 0.500. The minimum atomic E-state index is -0.843. The van der Waals surface area contributed by atoms with Crippen molar-refractivity contribution in [1.82, 2.24) is 0 Å². The molecule has 1 heterocycles. The molecule has 7 heteroatoms. The summed E-state index contributed by atoms with van der Waals surface area (Å²) < 4.78 is 39.1. The molecule has 0 atom stereocenters. The Morgan fingerprint density at radius 3 is 1.96 bits per heavy atom. The lowest BCUT2D eigenvalue weighted by molar-refractivity contribution is 0.00578. The zero-order valence-corrected chi connectivity index (χ0v) is 13.7. The van der Waals surface area contributed by atoms with Crippen molar-refractivity contribution in [2.45, 2.75) is 45.5 Å². The van der Waals surface area contributed by atoms with Crippen LogP contribution in [0, 0.1) is 11.6 Å². The second kappa shape index (κ2) is 6.32. The number of aliphatic hydroxyl groups excluding tert-OH is 2. The maximum atomic E-state index is 13.7. The molecule has 126 valence electrons. The first kappa shape index (κ1) is 18.1. The van der Waals surface area contributed by atoms with Gasteiger partial charge in [0.15, 0.2) is 0 Å². The van der Waals surface area contributed by atoms with E-state index in [9.17, 15) is 13.9 Å². The Bertz CT molecular complexity index is 590. The summed E-state index contributed by atoms with van der Waals surface area (Å²) in [6.45, 7) is 6.40. The van der Waals surface area contributed by atoms with Gasteiger partial charge in [-0.15, -0.1) is 0 Å². The lowest BCUT2D eigenvalue weighted by Crippen LogP contribution is -2.41. The molecule has 0 amide bonds. The normalized spacial score (nSPS) is 20.2. The molecular weight excluding hydrogens is 305 g/mol. The average molecular weight is 326 g/mol. The van der Waals surface area contributed by atoms with Crippen molar-refractivity contribution in [1.29, 1.82) is 0 Å². The molecule has 0 saturated carbocycles. The number of hydrogen-bond acceptors (Lipinski definition) is 4. The highest BCUT2D eigenvalue weighted by molar-refractivity contribution is 6.55. The molecule has 1 aromatic carbocycles. The molecule has 1 saturated heterocycles. The maximum absolute atomic E-state index is 13.7. The van der Waals surface area contributed by atoms with Crippen LogP contribution in [-0.2, 0) is 15.9 Å². The van der Waals surface area contributed by atoms with Gasteiger partial charge in [-0.3, -0.25) is 0 Å². The number of rotatable bonds is 4. The van der Waals surface area contributed by atoms with Gasteiger partial charge in [0, 0.05) is 5.56 Å². The summed E-state index contributed by atoms with van der Waals surface area (Å²) in [6, 6.07) is 2.19. The Balaban J connectivity index is 2.34. The van der Waals surface area contributed by atoms with Gasteiger partial charge in [-0.1, -0.05) is 6.08 Å². The molecule has 23 heavy (non-hydrogen) atoms. The second-order valence-electron chi connectivity index (χ2n) is 6.59. The largest absolute Gasteiger partial charge is 0.492 e. The molecule has 0 radical (unpaired) electrons. The first-order valence-corrected chi connectivity index (χ1v) is 7.37. The third-order valence-electron chi connectivity index (χ3n) is 4.41. The fourth-order valence-corrected chi connectivity index (χ4v) is 2.25. The molecule has 2 N–H and O–H groups in total. The Labute approximate surface area is 134 Å². The predicted molar refractivity (Wildman–Crippen MR) is 83.4 cm³/mol. The summed E-state index contributed by atoms with van der Waals surface area (Å²) in [6.07, 6.45) is 1.43. The summed E-state index contributed by atoms with van der Waals surface area (Å²) in [4.78, 5) is 0. The van der Waals surface area contributed by atoms with Gasteiger partial charge >= 0.3 is 7.12 Å². The van der Waals surface area contributed by atoms with Gasteiger partial charge in [-0.05, 0) is 50.9 Å². The Hall–Kier alpha value is -1.28. The van der Waals surface area contributed by atoms with E-state index >= 15 is 0 Å². The summed E-state index contributed by atoms with van der Waals surface area (Å²) in [5.74, 6) is -1.69. The van der Waals surface area contributed by atoms with Crippen LogP contribution < -0.4 is 0 Å². The fourth-order valence-electron chi connectivity index (χ4n) is 2.25. The molecule has 0 spiro atoms. The van der Waals surface area contributed by atoms with E-state index in [2.05, 4.69) is 0 Å². The van der Waals surface area contributed by atoms with Gasteiger partial charge in [0.1, 0.15) is 11.6 Å². The topological polar surface area (TPSA) is 58.9 Å². The Morgan fingerprint density at radius 2 is 1.57 bits per heavy atom. The zero-order valence-electron chi connectivity index (χ0n) is 13.7. The van der Waals surface area contributed by atoms with Gasteiger partial charge in [0.05, 0.1) is 24.4 Å². The van der Waals surface area contributed by atoms with Crippen molar-refractivity contribution in [3.63, 3.8) is 0 Å². The average Bonchev–Trinajstić information content (AvgIpc) is 2.64. The zero-order chi connectivity index (χ0) is 17.4. The SMILES string of the molecule is CC1(C)OB(C(=Cc2cc(F)c(CO)c(F)c2)CO)OC1(C)C. The van der Waals surface area contributed by atoms with E-state index in [0.717, 1.165) is 12.1 Å². The monoisotopic (exact) mass is 326 g/mol. The molecule has 0 aromatic heterocycles. The lowest BCUT2D eigenvalue weighted by Gasteiger charge is -2.32. The van der Waals surface area contributed by atoms with E-state index in [1.165, 1.54) is 6.08 Å². The number of halogens is 2. The van der Waals surface area contributed by atoms with Crippen molar-refractivity contribution in [2.75, 3.05) is 6.61 Å². The van der Waals surface area contributed by atoms with Crippen LogP contribution in [0.25, 0.3) is 6.08 Å². The van der Waals surface area contributed by atoms with Crippen LogP contribution in [0.2, 0.25) is 0 Å². The third-order valence-corrected chi connectivity index (χ3v) is 4.41. The molecule has 2 rings (SSSR count). The van der Waals surface area contributed by atoms with E-state index in [4.69, 9.17) is 14.4 Å². The molecule has 1 fully saturated rings. The number of hydrogen-bond donors (Lipinski definition) is 2. The van der Waals surface area contributed by atoms with E-state index in [-0.39, 0.29) is 17.7 Å². The number of aliphatic hydroxyl groups is 2. The van der Waals surface area contributed by atoms with E-state index in [0.29, 0.717) is 5.47 Å².